The molecule has 3 N–H and O–H groups in total. The quantitative estimate of drug-likeness (QED) is 0.836. The first kappa shape index (κ1) is 13.3. The van der Waals surface area contributed by atoms with E-state index in [1.807, 2.05) is 19.1 Å². The van der Waals surface area contributed by atoms with E-state index in [-0.39, 0.29) is 12.1 Å². The Kier molecular flexibility index (Phi) is 5.06. The van der Waals surface area contributed by atoms with Gasteiger partial charge in [0.1, 0.15) is 5.75 Å². The Balaban J connectivity index is 2.71. The van der Waals surface area contributed by atoms with Gasteiger partial charge in [0.25, 0.3) is 0 Å². The molecule has 0 bridgehead atoms. The number of aliphatic hydroxyl groups is 1. The van der Waals surface area contributed by atoms with Crippen LogP contribution in [0, 0.1) is 0 Å². The van der Waals surface area contributed by atoms with Crippen molar-refractivity contribution in [2.45, 2.75) is 32.4 Å². The molecule has 0 aliphatic carbocycles. The van der Waals surface area contributed by atoms with Crippen LogP contribution in [0.15, 0.2) is 18.2 Å². The summed E-state index contributed by atoms with van der Waals surface area (Å²) < 4.78 is 5.57. The summed E-state index contributed by atoms with van der Waals surface area (Å²) in [5.74, 6) is 0.736. The van der Waals surface area contributed by atoms with E-state index >= 15 is 0 Å². The van der Waals surface area contributed by atoms with Gasteiger partial charge in [-0.1, -0.05) is 11.6 Å². The molecule has 90 valence electrons. The predicted molar refractivity (Wildman–Crippen MR) is 65.8 cm³/mol. The predicted octanol–water partition coefficient (Wildman–Crippen LogP) is 2.51. The molecule has 1 unspecified atom stereocenters. The van der Waals surface area contributed by atoms with Crippen LogP contribution in [0.25, 0.3) is 0 Å². The first-order chi connectivity index (χ1) is 7.50. The number of benzene rings is 1. The van der Waals surface area contributed by atoms with Gasteiger partial charge >= 0.3 is 0 Å². The largest absolute Gasteiger partial charge is 0.493 e. The Morgan fingerprint density at radius 1 is 1.44 bits per heavy atom. The normalized spacial score (nSPS) is 14.6. The van der Waals surface area contributed by atoms with Crippen LogP contribution >= 0.6 is 11.6 Å². The number of hydrogen-bond donors (Lipinski definition) is 2. The van der Waals surface area contributed by atoms with Gasteiger partial charge in [-0.3, -0.25) is 0 Å². The Bertz CT molecular complexity index is 340. The second-order valence-electron chi connectivity index (χ2n) is 3.96. The molecule has 0 fully saturated rings. The summed E-state index contributed by atoms with van der Waals surface area (Å²) in [6, 6.07) is 5.26. The molecule has 3 nitrogen and oxygen atoms in total. The molecule has 0 spiro atoms. The highest BCUT2D eigenvalue weighted by Crippen LogP contribution is 2.27. The Morgan fingerprint density at radius 2 is 2.12 bits per heavy atom. The molecule has 1 rings (SSSR count). The van der Waals surface area contributed by atoms with Crippen LogP contribution in [0.3, 0.4) is 0 Å². The number of rotatable bonds is 5. The van der Waals surface area contributed by atoms with Gasteiger partial charge in [0.05, 0.1) is 12.7 Å². The van der Waals surface area contributed by atoms with E-state index in [1.54, 1.807) is 13.0 Å². The fraction of sp³-hybridized carbons (Fsp3) is 0.500. The second kappa shape index (κ2) is 6.09. The van der Waals surface area contributed by atoms with Crippen LogP contribution in [0.1, 0.15) is 31.9 Å². The van der Waals surface area contributed by atoms with E-state index in [2.05, 4.69) is 0 Å². The SMILES string of the molecule is CC(O)CCOc1ccc(Cl)cc1[C@H](C)N. The van der Waals surface area contributed by atoms with Gasteiger partial charge in [0.15, 0.2) is 0 Å². The molecule has 0 aromatic heterocycles. The minimum absolute atomic E-state index is 0.125. The summed E-state index contributed by atoms with van der Waals surface area (Å²) in [4.78, 5) is 0. The smallest absolute Gasteiger partial charge is 0.124 e. The average Bonchev–Trinajstić information content (AvgIpc) is 2.19. The zero-order chi connectivity index (χ0) is 12.1. The Labute approximate surface area is 101 Å². The zero-order valence-electron chi connectivity index (χ0n) is 9.61. The highest BCUT2D eigenvalue weighted by Gasteiger charge is 2.09. The maximum Gasteiger partial charge on any atom is 0.124 e. The lowest BCUT2D eigenvalue weighted by atomic mass is 10.1. The minimum atomic E-state index is -0.356. The fourth-order valence-corrected chi connectivity index (χ4v) is 1.53. The van der Waals surface area contributed by atoms with Crippen molar-refractivity contribution in [2.24, 2.45) is 5.73 Å². The van der Waals surface area contributed by atoms with Crippen LogP contribution in [0.4, 0.5) is 0 Å². The van der Waals surface area contributed by atoms with E-state index in [4.69, 9.17) is 27.2 Å². The number of halogens is 1. The Morgan fingerprint density at radius 3 is 2.69 bits per heavy atom. The molecule has 1 aromatic rings. The maximum absolute atomic E-state index is 9.13. The van der Waals surface area contributed by atoms with Gasteiger partial charge in [-0.05, 0) is 32.0 Å². The summed E-state index contributed by atoms with van der Waals surface area (Å²) >= 11 is 5.89. The van der Waals surface area contributed by atoms with Crippen molar-refractivity contribution in [1.29, 1.82) is 0 Å². The molecule has 0 aliphatic heterocycles. The summed E-state index contributed by atoms with van der Waals surface area (Å²) in [6.07, 6.45) is 0.243. The lowest BCUT2D eigenvalue weighted by Gasteiger charge is -2.14. The van der Waals surface area contributed by atoms with Crippen LogP contribution in [0.2, 0.25) is 5.02 Å². The molecular formula is C12H18ClNO2. The summed E-state index contributed by atoms with van der Waals surface area (Å²) in [7, 11) is 0. The molecule has 0 radical (unpaired) electrons. The molecule has 0 heterocycles. The van der Waals surface area contributed by atoms with Crippen LogP contribution in [-0.4, -0.2) is 17.8 Å². The molecule has 0 saturated heterocycles. The van der Waals surface area contributed by atoms with Crippen molar-refractivity contribution in [3.05, 3.63) is 28.8 Å². The summed E-state index contributed by atoms with van der Waals surface area (Å²) in [5.41, 5.74) is 6.71. The van der Waals surface area contributed by atoms with E-state index in [0.717, 1.165) is 11.3 Å². The monoisotopic (exact) mass is 243 g/mol. The van der Waals surface area contributed by atoms with Gasteiger partial charge in [-0.25, -0.2) is 0 Å². The lowest BCUT2D eigenvalue weighted by molar-refractivity contribution is 0.155. The van der Waals surface area contributed by atoms with Crippen molar-refractivity contribution in [3.8, 4) is 5.75 Å². The zero-order valence-corrected chi connectivity index (χ0v) is 10.4. The number of ether oxygens (including phenoxy) is 1. The maximum atomic E-state index is 9.13. The molecule has 1 aromatic carbocycles. The first-order valence-electron chi connectivity index (χ1n) is 5.36. The van der Waals surface area contributed by atoms with Crippen LogP contribution in [-0.2, 0) is 0 Å². The van der Waals surface area contributed by atoms with Gasteiger partial charge in [0, 0.05) is 23.0 Å². The molecule has 0 aliphatic rings. The average molecular weight is 244 g/mol. The topological polar surface area (TPSA) is 55.5 Å². The van der Waals surface area contributed by atoms with Crippen molar-refractivity contribution < 1.29 is 9.84 Å². The molecule has 0 saturated carbocycles. The van der Waals surface area contributed by atoms with Crippen molar-refractivity contribution >= 4 is 11.6 Å². The standard InChI is InChI=1S/C12H18ClNO2/c1-8(15)5-6-16-12-4-3-10(13)7-11(12)9(2)14/h3-4,7-9,15H,5-6,14H2,1-2H3/t8?,9-/m0/s1. The molecule has 4 heteroatoms. The fourth-order valence-electron chi connectivity index (χ4n) is 1.35. The van der Waals surface area contributed by atoms with Gasteiger partial charge in [-0.15, -0.1) is 0 Å². The van der Waals surface area contributed by atoms with E-state index in [9.17, 15) is 0 Å². The van der Waals surface area contributed by atoms with Crippen molar-refractivity contribution in [2.75, 3.05) is 6.61 Å². The lowest BCUT2D eigenvalue weighted by Crippen LogP contribution is -2.11. The van der Waals surface area contributed by atoms with Crippen LogP contribution in [0.5, 0.6) is 5.75 Å². The molecular weight excluding hydrogens is 226 g/mol. The Hall–Kier alpha value is -0.770. The van der Waals surface area contributed by atoms with Crippen molar-refractivity contribution in [3.63, 3.8) is 0 Å². The van der Waals surface area contributed by atoms with Crippen LogP contribution < -0.4 is 10.5 Å². The van der Waals surface area contributed by atoms with E-state index in [1.165, 1.54) is 0 Å². The van der Waals surface area contributed by atoms with Crippen molar-refractivity contribution in [1.82, 2.24) is 0 Å². The van der Waals surface area contributed by atoms with E-state index in [0.29, 0.717) is 18.1 Å². The third-order valence-electron chi connectivity index (χ3n) is 2.26. The number of hydrogen-bond acceptors (Lipinski definition) is 3. The van der Waals surface area contributed by atoms with Gasteiger partial charge in [-0.2, -0.15) is 0 Å². The number of aliphatic hydroxyl groups excluding tert-OH is 1. The highest BCUT2D eigenvalue weighted by atomic mass is 35.5. The highest BCUT2D eigenvalue weighted by molar-refractivity contribution is 6.30. The third kappa shape index (κ3) is 4.00. The van der Waals surface area contributed by atoms with E-state index < -0.39 is 0 Å². The first-order valence-corrected chi connectivity index (χ1v) is 5.74. The molecule has 2 atom stereocenters. The summed E-state index contributed by atoms with van der Waals surface area (Å²) in [6.45, 7) is 4.09. The number of nitrogens with two attached hydrogens (primary N) is 1. The van der Waals surface area contributed by atoms with Gasteiger partial charge < -0.3 is 15.6 Å². The van der Waals surface area contributed by atoms with Gasteiger partial charge in [0.2, 0.25) is 0 Å². The summed E-state index contributed by atoms with van der Waals surface area (Å²) in [5, 5.41) is 9.78. The third-order valence-corrected chi connectivity index (χ3v) is 2.49. The second-order valence-corrected chi connectivity index (χ2v) is 4.39. The molecule has 16 heavy (non-hydrogen) atoms. The molecule has 0 amide bonds. The minimum Gasteiger partial charge on any atom is -0.493 e.